The van der Waals surface area contributed by atoms with Crippen LogP contribution in [-0.4, -0.2) is 32.7 Å². The molecule has 0 rings (SSSR count). The summed E-state index contributed by atoms with van der Waals surface area (Å²) < 4.78 is 60.4. The van der Waals surface area contributed by atoms with Crippen molar-refractivity contribution in [2.75, 3.05) is 18.8 Å². The number of hydrogen-bond donors (Lipinski definition) is 0. The minimum Gasteiger partial charge on any atom is -0.204 e. The van der Waals surface area contributed by atoms with Gasteiger partial charge in [0.2, 0.25) is 0 Å². The Kier molecular flexibility index (Phi) is 3.99. The van der Waals surface area contributed by atoms with Crippen LogP contribution in [0, 0.1) is 0 Å². The van der Waals surface area contributed by atoms with E-state index >= 15 is 0 Å². The number of halogens is 3. The average Bonchev–Trinajstić information content (AvgIpc) is 1.83. The van der Waals surface area contributed by atoms with Gasteiger partial charge in [-0.25, -0.2) is 3.63 Å². The molecule has 0 radical (unpaired) electrons. The third kappa shape index (κ3) is 3.96. The Bertz CT molecular complexity index is 268. The highest BCUT2D eigenvalue weighted by Crippen LogP contribution is 2.55. The van der Waals surface area contributed by atoms with E-state index in [1.165, 1.54) is 18.8 Å². The summed E-state index contributed by atoms with van der Waals surface area (Å²) in [6.07, 6.45) is 4.13. The van der Waals surface area contributed by atoms with Crippen LogP contribution in [0.2, 0.25) is 0 Å². The van der Waals surface area contributed by atoms with Crippen LogP contribution in [0.4, 0.5) is 13.2 Å². The molecule has 0 heterocycles. The Morgan fingerprint density at radius 2 is 1.62 bits per heavy atom. The van der Waals surface area contributed by atoms with Crippen molar-refractivity contribution < 1.29 is 25.2 Å². The van der Waals surface area contributed by atoms with E-state index in [1.54, 1.807) is 0 Å². The molecule has 0 aromatic carbocycles. The van der Waals surface area contributed by atoms with Gasteiger partial charge in [-0.15, -0.1) is 0 Å². The third-order valence-corrected chi connectivity index (χ3v) is 7.24. The summed E-state index contributed by atoms with van der Waals surface area (Å²) in [5, 5.41) is 0. The molecule has 0 saturated heterocycles. The highest BCUT2D eigenvalue weighted by molar-refractivity contribution is 8.92. The molecule has 0 saturated carbocycles. The Morgan fingerprint density at radius 3 is 1.85 bits per heavy atom. The summed E-state index contributed by atoms with van der Waals surface area (Å²) in [5.74, 6) is 0. The van der Waals surface area contributed by atoms with Crippen LogP contribution in [0.15, 0.2) is 0 Å². The molecule has 0 N–H and O–H groups in total. The summed E-state index contributed by atoms with van der Waals surface area (Å²) >= 11 is 0. The quantitative estimate of drug-likeness (QED) is 0.574. The van der Waals surface area contributed by atoms with E-state index < -0.39 is 25.0 Å². The number of alkyl halides is 3. The molecule has 0 atom stereocenters. The van der Waals surface area contributed by atoms with Gasteiger partial charge >= 0.3 is 15.6 Å². The average molecular weight is 258 g/mol. The predicted octanol–water partition coefficient (Wildman–Crippen LogP) is 2.11. The summed E-state index contributed by atoms with van der Waals surface area (Å²) in [7, 11) is -6.75. The predicted molar refractivity (Wildman–Crippen MR) is 49.0 cm³/mol. The van der Waals surface area contributed by atoms with Crippen LogP contribution < -0.4 is 0 Å². The molecule has 13 heavy (non-hydrogen) atoms. The van der Waals surface area contributed by atoms with Crippen molar-refractivity contribution in [1.29, 1.82) is 0 Å². The van der Waals surface area contributed by atoms with Gasteiger partial charge in [-0.1, -0.05) is 20.1 Å². The van der Waals surface area contributed by atoms with E-state index in [1.807, 2.05) is 0 Å². The van der Waals surface area contributed by atoms with Gasteiger partial charge in [0.05, 0.1) is 0 Å². The van der Waals surface area contributed by atoms with Crippen molar-refractivity contribution in [3.63, 3.8) is 0 Å². The zero-order valence-electron chi connectivity index (χ0n) is 7.08. The number of rotatable bonds is 3. The normalized spacial score (nSPS) is 15.8. The maximum atomic E-state index is 11.8. The maximum absolute atomic E-state index is 11.8. The van der Waals surface area contributed by atoms with Crippen LogP contribution in [0.1, 0.15) is 0 Å². The fourth-order valence-corrected chi connectivity index (χ4v) is 3.70. The summed E-state index contributed by atoms with van der Waals surface area (Å²) in [6.45, 7) is 0. The standard InChI is InChI=1S/C4H9F3O3S3/c1-11-12(2,3)10-13(8,9)4(5,6)7/h1-3H3. The van der Waals surface area contributed by atoms with Crippen molar-refractivity contribution in [1.82, 2.24) is 0 Å². The molecular formula is C4H9F3O3S3. The van der Waals surface area contributed by atoms with E-state index in [2.05, 4.69) is 3.63 Å². The summed E-state index contributed by atoms with van der Waals surface area (Å²) in [5.41, 5.74) is -5.34. The fourth-order valence-electron chi connectivity index (χ4n) is 0.282. The molecule has 0 aliphatic rings. The van der Waals surface area contributed by atoms with Crippen molar-refractivity contribution in [2.45, 2.75) is 5.51 Å². The monoisotopic (exact) mass is 258 g/mol. The molecule has 0 aromatic heterocycles. The highest BCUT2D eigenvalue weighted by atomic mass is 33.2. The molecule has 0 aliphatic heterocycles. The molecule has 0 bridgehead atoms. The van der Waals surface area contributed by atoms with Gasteiger partial charge in [0.15, 0.2) is 0 Å². The first-order valence-corrected chi connectivity index (χ1v) is 8.35. The Morgan fingerprint density at radius 1 is 1.23 bits per heavy atom. The highest BCUT2D eigenvalue weighted by Gasteiger charge is 2.49. The lowest BCUT2D eigenvalue weighted by atomic mass is 11.6. The lowest BCUT2D eigenvalue weighted by Crippen LogP contribution is -2.25. The molecule has 9 heteroatoms. The van der Waals surface area contributed by atoms with Gasteiger partial charge in [-0.3, -0.25) is 0 Å². The van der Waals surface area contributed by atoms with Crippen LogP contribution in [0.25, 0.3) is 0 Å². The molecule has 0 unspecified atom stereocenters. The Balaban J connectivity index is 4.74. The molecule has 82 valence electrons. The Hall–Kier alpha value is 0.400. The first-order valence-electron chi connectivity index (χ1n) is 2.83. The first kappa shape index (κ1) is 13.4. The van der Waals surface area contributed by atoms with Gasteiger partial charge in [0.25, 0.3) is 0 Å². The second kappa shape index (κ2) is 3.87. The maximum Gasteiger partial charge on any atom is 0.523 e. The zero-order valence-corrected chi connectivity index (χ0v) is 9.53. The smallest absolute Gasteiger partial charge is 0.204 e. The lowest BCUT2D eigenvalue weighted by Gasteiger charge is -2.27. The number of hydrogen-bond acceptors (Lipinski definition) is 4. The molecular weight excluding hydrogens is 249 g/mol. The second-order valence-corrected chi connectivity index (χ2v) is 10.2. The van der Waals surface area contributed by atoms with Crippen LogP contribution in [-0.2, 0) is 13.7 Å². The molecule has 3 nitrogen and oxygen atoms in total. The van der Waals surface area contributed by atoms with Crippen molar-refractivity contribution in [3.05, 3.63) is 0 Å². The first-order chi connectivity index (χ1) is 5.52. The van der Waals surface area contributed by atoms with E-state index in [-0.39, 0.29) is 0 Å². The van der Waals surface area contributed by atoms with Crippen LogP contribution >= 0.6 is 20.1 Å². The molecule has 0 amide bonds. The topological polar surface area (TPSA) is 43.4 Å². The lowest BCUT2D eigenvalue weighted by molar-refractivity contribution is -0.0495. The molecule has 0 aromatic rings. The fraction of sp³-hybridized carbons (Fsp3) is 1.00. The zero-order chi connectivity index (χ0) is 10.9. The van der Waals surface area contributed by atoms with Gasteiger partial charge in [-0.2, -0.15) is 21.6 Å². The van der Waals surface area contributed by atoms with Gasteiger partial charge < -0.3 is 0 Å². The van der Waals surface area contributed by atoms with Gasteiger partial charge in [0.1, 0.15) is 0 Å². The van der Waals surface area contributed by atoms with Crippen molar-refractivity contribution >= 4 is 30.3 Å². The Labute approximate surface area is 80.1 Å². The van der Waals surface area contributed by atoms with Gasteiger partial charge in [-0.05, 0) is 18.8 Å². The second-order valence-electron chi connectivity index (χ2n) is 2.28. The van der Waals surface area contributed by atoms with E-state index in [0.717, 1.165) is 10.8 Å². The van der Waals surface area contributed by atoms with Crippen molar-refractivity contribution in [2.24, 2.45) is 0 Å². The van der Waals surface area contributed by atoms with E-state index in [4.69, 9.17) is 0 Å². The largest absolute Gasteiger partial charge is 0.523 e. The SMILES string of the molecule is CSS(C)(C)OS(=O)(=O)C(F)(F)F. The minimum absolute atomic E-state index is 0.952. The van der Waals surface area contributed by atoms with Crippen molar-refractivity contribution in [3.8, 4) is 0 Å². The summed E-state index contributed by atoms with van der Waals surface area (Å²) in [6, 6.07) is 0. The molecule has 0 spiro atoms. The van der Waals surface area contributed by atoms with E-state index in [9.17, 15) is 21.6 Å². The van der Waals surface area contributed by atoms with Crippen LogP contribution in [0.3, 0.4) is 0 Å². The molecule has 0 aliphatic carbocycles. The summed E-state index contributed by atoms with van der Waals surface area (Å²) in [4.78, 5) is 0. The third-order valence-electron chi connectivity index (χ3n) is 0.938. The van der Waals surface area contributed by atoms with Gasteiger partial charge in [0, 0.05) is 0 Å². The molecule has 0 fully saturated rings. The van der Waals surface area contributed by atoms with E-state index in [0.29, 0.717) is 0 Å². The minimum atomic E-state index is -5.45. The van der Waals surface area contributed by atoms with Crippen LogP contribution in [0.5, 0.6) is 0 Å².